The van der Waals surface area contributed by atoms with Crippen molar-refractivity contribution in [3.8, 4) is 0 Å². The van der Waals surface area contributed by atoms with Gasteiger partial charge in [0.2, 0.25) is 5.91 Å². The van der Waals surface area contributed by atoms with Crippen LogP contribution in [0.3, 0.4) is 0 Å². The molecule has 172 valence electrons. The zero-order chi connectivity index (χ0) is 23.7. The third kappa shape index (κ3) is 2.73. The van der Waals surface area contributed by atoms with Crippen LogP contribution in [0.4, 0.5) is 5.69 Å². The number of hydrogen-bond acceptors (Lipinski definition) is 7. The molecule has 6 rings (SSSR count). The van der Waals surface area contributed by atoms with Crippen LogP contribution < -0.4 is 5.32 Å². The zero-order valence-electron chi connectivity index (χ0n) is 18.0. The van der Waals surface area contributed by atoms with Crippen molar-refractivity contribution in [3.05, 3.63) is 82.5 Å². The van der Waals surface area contributed by atoms with E-state index in [-0.39, 0.29) is 24.3 Å². The summed E-state index contributed by atoms with van der Waals surface area (Å²) in [6.07, 6.45) is 3.29. The molecule has 3 aromatic rings. The molecule has 34 heavy (non-hydrogen) atoms. The summed E-state index contributed by atoms with van der Waals surface area (Å²) in [6, 6.07) is 14.9. The van der Waals surface area contributed by atoms with E-state index in [1.54, 1.807) is 23.4 Å². The molecule has 2 fully saturated rings. The molecule has 2 saturated heterocycles. The van der Waals surface area contributed by atoms with Crippen LogP contribution in [0.25, 0.3) is 0 Å². The molecule has 0 aliphatic carbocycles. The molecule has 1 N–H and O–H groups in total. The van der Waals surface area contributed by atoms with Crippen molar-refractivity contribution in [2.45, 2.75) is 22.7 Å². The number of halogens is 1. The summed E-state index contributed by atoms with van der Waals surface area (Å²) in [7, 11) is 1.90. The highest BCUT2D eigenvalue weighted by molar-refractivity contribution is 9.10. The molecule has 3 atom stereocenters. The van der Waals surface area contributed by atoms with E-state index in [1.807, 2.05) is 54.4 Å². The molecule has 7 nitrogen and oxygen atoms in total. The van der Waals surface area contributed by atoms with Crippen LogP contribution in [0.15, 0.2) is 69.9 Å². The SMILES string of the molecule is CN1CC(c2ccccn2)C2(SC(=S)N(Cc3ccco3)C2=O)C12C(=O)Nc1ccc(Br)cc12. The van der Waals surface area contributed by atoms with Crippen molar-refractivity contribution in [2.75, 3.05) is 18.9 Å². The smallest absolute Gasteiger partial charge is 0.251 e. The van der Waals surface area contributed by atoms with E-state index >= 15 is 0 Å². The first-order valence-corrected chi connectivity index (χ1v) is 12.7. The van der Waals surface area contributed by atoms with Crippen LogP contribution >= 0.6 is 39.9 Å². The van der Waals surface area contributed by atoms with Crippen LogP contribution in [-0.2, 0) is 21.7 Å². The van der Waals surface area contributed by atoms with E-state index in [4.69, 9.17) is 16.6 Å². The maximum Gasteiger partial charge on any atom is 0.251 e. The number of carbonyl (C=O) groups is 2. The third-order valence-corrected chi connectivity index (χ3v) is 9.41. The normalized spacial score (nSPS) is 28.4. The van der Waals surface area contributed by atoms with E-state index in [0.717, 1.165) is 15.7 Å². The fourth-order valence-corrected chi connectivity index (χ4v) is 8.11. The molecule has 0 bridgehead atoms. The van der Waals surface area contributed by atoms with Gasteiger partial charge in [-0.2, -0.15) is 0 Å². The minimum absolute atomic E-state index is 0.207. The quantitative estimate of drug-likeness (QED) is 0.488. The van der Waals surface area contributed by atoms with Crippen molar-refractivity contribution in [1.82, 2.24) is 14.8 Å². The fourth-order valence-electron chi connectivity index (χ4n) is 5.63. The van der Waals surface area contributed by atoms with Crippen LogP contribution in [0.1, 0.15) is 22.9 Å². The zero-order valence-corrected chi connectivity index (χ0v) is 21.2. The number of thiocarbonyl (C=S) groups is 1. The van der Waals surface area contributed by atoms with Crippen LogP contribution in [0, 0.1) is 0 Å². The Labute approximate surface area is 214 Å². The number of anilines is 1. The first kappa shape index (κ1) is 22.0. The van der Waals surface area contributed by atoms with Crippen molar-refractivity contribution in [3.63, 3.8) is 0 Å². The summed E-state index contributed by atoms with van der Waals surface area (Å²) < 4.78 is 5.53. The first-order chi connectivity index (χ1) is 16.4. The van der Waals surface area contributed by atoms with E-state index in [2.05, 4.69) is 26.2 Å². The van der Waals surface area contributed by atoms with Crippen molar-refractivity contribution < 1.29 is 14.0 Å². The number of rotatable bonds is 3. The number of aromatic nitrogens is 1. The average molecular weight is 555 g/mol. The first-order valence-electron chi connectivity index (χ1n) is 10.7. The van der Waals surface area contributed by atoms with Gasteiger partial charge >= 0.3 is 0 Å². The highest BCUT2D eigenvalue weighted by atomic mass is 79.9. The predicted octanol–water partition coefficient (Wildman–Crippen LogP) is 4.11. The molecule has 2 amide bonds. The Kier molecular flexibility index (Phi) is 5.00. The van der Waals surface area contributed by atoms with Gasteiger partial charge in [0.1, 0.15) is 14.8 Å². The summed E-state index contributed by atoms with van der Waals surface area (Å²) in [6.45, 7) is 0.674. The highest BCUT2D eigenvalue weighted by Gasteiger charge is 2.78. The average Bonchev–Trinajstić information content (AvgIpc) is 3.56. The highest BCUT2D eigenvalue weighted by Crippen LogP contribution is 2.65. The van der Waals surface area contributed by atoms with Crippen LogP contribution in [-0.4, -0.2) is 49.3 Å². The van der Waals surface area contributed by atoms with E-state index in [1.165, 1.54) is 11.8 Å². The Morgan fingerprint density at radius 3 is 2.85 bits per heavy atom. The fraction of sp³-hybridized carbons (Fsp3) is 0.250. The van der Waals surface area contributed by atoms with E-state index in [0.29, 0.717) is 22.3 Å². The number of pyridine rings is 1. The second kappa shape index (κ2) is 7.74. The molecule has 2 spiro atoms. The van der Waals surface area contributed by atoms with Crippen molar-refractivity contribution in [2.24, 2.45) is 0 Å². The predicted molar refractivity (Wildman–Crippen MR) is 136 cm³/mol. The summed E-state index contributed by atoms with van der Waals surface area (Å²) in [5, 5.41) is 3.04. The minimum atomic E-state index is -1.27. The maximum absolute atomic E-state index is 14.5. The lowest BCUT2D eigenvalue weighted by molar-refractivity contribution is -0.138. The maximum atomic E-state index is 14.5. The topological polar surface area (TPSA) is 78.7 Å². The molecular formula is C24H19BrN4O3S2. The Morgan fingerprint density at radius 1 is 1.26 bits per heavy atom. The number of fused-ring (bicyclic) bond motifs is 3. The van der Waals surface area contributed by atoms with Gasteiger partial charge in [-0.25, -0.2) is 0 Å². The molecular weight excluding hydrogens is 536 g/mol. The number of likely N-dealkylation sites (N-methyl/N-ethyl adjacent to an activating group) is 1. The number of amides is 2. The second-order valence-electron chi connectivity index (χ2n) is 8.62. The molecule has 5 heterocycles. The van der Waals surface area contributed by atoms with Gasteiger partial charge in [-0.05, 0) is 49.5 Å². The molecule has 0 radical (unpaired) electrons. The van der Waals surface area contributed by atoms with Gasteiger partial charge in [0.05, 0.1) is 12.8 Å². The molecule has 1 aromatic carbocycles. The van der Waals surface area contributed by atoms with Gasteiger partial charge in [-0.3, -0.25) is 24.4 Å². The number of nitrogens with one attached hydrogen (secondary N) is 1. The van der Waals surface area contributed by atoms with Gasteiger partial charge in [-0.1, -0.05) is 46.0 Å². The Hall–Kier alpha value is -2.53. The number of carbonyl (C=O) groups excluding carboxylic acids is 2. The number of thioether (sulfide) groups is 1. The minimum Gasteiger partial charge on any atom is -0.467 e. The largest absolute Gasteiger partial charge is 0.467 e. The Morgan fingerprint density at radius 2 is 2.12 bits per heavy atom. The Balaban J connectivity index is 1.60. The number of likely N-dealkylation sites (tertiary alicyclic amines) is 1. The summed E-state index contributed by atoms with van der Waals surface area (Å²) in [4.78, 5) is 36.7. The van der Waals surface area contributed by atoms with Crippen LogP contribution in [0.2, 0.25) is 0 Å². The molecule has 3 unspecified atom stereocenters. The summed E-state index contributed by atoms with van der Waals surface area (Å²) >= 11 is 10.6. The lowest BCUT2D eigenvalue weighted by Crippen LogP contribution is -2.61. The lowest BCUT2D eigenvalue weighted by Gasteiger charge is -2.41. The van der Waals surface area contributed by atoms with Crippen molar-refractivity contribution in [1.29, 1.82) is 0 Å². The summed E-state index contributed by atoms with van der Waals surface area (Å²) in [5.74, 6) is -0.180. The molecule has 3 aliphatic rings. The molecule has 10 heteroatoms. The van der Waals surface area contributed by atoms with Gasteiger partial charge < -0.3 is 9.73 Å². The third-order valence-electron chi connectivity index (χ3n) is 6.98. The van der Waals surface area contributed by atoms with Crippen LogP contribution in [0.5, 0.6) is 0 Å². The number of furan rings is 1. The van der Waals surface area contributed by atoms with Gasteiger partial charge in [0, 0.05) is 40.1 Å². The molecule has 0 saturated carbocycles. The standard InChI is InChI=1S/C24H19BrN4O3S2/c1-28-13-17(18-6-2-3-9-26-18)24(21(31)29(22(33)34-24)12-15-5-4-10-32-15)23(28)16-11-14(25)7-8-19(16)27-20(23)30/h2-11,17H,12-13H2,1H3,(H,27,30). The second-order valence-corrected chi connectivity index (χ2v) is 11.4. The van der Waals surface area contributed by atoms with Gasteiger partial charge in [0.25, 0.3) is 5.91 Å². The van der Waals surface area contributed by atoms with Gasteiger partial charge in [0.15, 0.2) is 5.54 Å². The van der Waals surface area contributed by atoms with E-state index < -0.39 is 10.3 Å². The number of benzene rings is 1. The number of nitrogens with zero attached hydrogens (tertiary/aromatic N) is 3. The summed E-state index contributed by atoms with van der Waals surface area (Å²) in [5.41, 5.74) is 0.949. The molecule has 2 aromatic heterocycles. The Bertz CT molecular complexity index is 1340. The monoisotopic (exact) mass is 554 g/mol. The van der Waals surface area contributed by atoms with E-state index in [9.17, 15) is 9.59 Å². The molecule has 3 aliphatic heterocycles. The lowest BCUT2D eigenvalue weighted by atomic mass is 9.73. The van der Waals surface area contributed by atoms with Crippen molar-refractivity contribution >= 4 is 61.7 Å². The van der Waals surface area contributed by atoms with Gasteiger partial charge in [-0.15, -0.1) is 0 Å². The number of hydrogen-bond donors (Lipinski definition) is 1.